The first-order chi connectivity index (χ1) is 9.72. The van der Waals surface area contributed by atoms with Crippen LogP contribution in [0.15, 0.2) is 18.2 Å². The third-order valence-corrected chi connectivity index (χ3v) is 5.05. The molecule has 0 saturated carbocycles. The summed E-state index contributed by atoms with van der Waals surface area (Å²) in [4.78, 5) is 5.15. The van der Waals surface area contributed by atoms with E-state index in [4.69, 9.17) is 16.3 Å². The number of rotatable bonds is 3. The van der Waals surface area contributed by atoms with Crippen LogP contribution in [0.4, 0.5) is 5.69 Å². The van der Waals surface area contributed by atoms with Crippen LogP contribution in [0.2, 0.25) is 5.02 Å². The van der Waals surface area contributed by atoms with Crippen molar-refractivity contribution in [1.29, 1.82) is 0 Å². The maximum Gasteiger partial charge on any atom is 0.121 e. The van der Waals surface area contributed by atoms with Crippen LogP contribution in [0, 0.1) is 0 Å². The molecule has 2 heterocycles. The Kier molecular flexibility index (Phi) is 4.08. The number of piperazine rings is 1. The van der Waals surface area contributed by atoms with E-state index in [1.807, 2.05) is 12.1 Å². The SMILES string of the molecule is CCC1CN2CCCC2CN1c1cc(OC)ccc1Cl. The number of ether oxygens (including phenoxy) is 1. The molecule has 2 aliphatic heterocycles. The fourth-order valence-corrected chi connectivity index (χ4v) is 3.80. The van der Waals surface area contributed by atoms with E-state index >= 15 is 0 Å². The summed E-state index contributed by atoms with van der Waals surface area (Å²) >= 11 is 6.44. The summed E-state index contributed by atoms with van der Waals surface area (Å²) < 4.78 is 5.36. The van der Waals surface area contributed by atoms with Gasteiger partial charge in [0.05, 0.1) is 17.8 Å². The summed E-state index contributed by atoms with van der Waals surface area (Å²) in [6.07, 6.45) is 3.80. The fraction of sp³-hybridized carbons (Fsp3) is 0.625. The molecule has 2 atom stereocenters. The van der Waals surface area contributed by atoms with Crippen molar-refractivity contribution in [3.8, 4) is 5.75 Å². The molecule has 2 aliphatic rings. The average Bonchev–Trinajstić information content (AvgIpc) is 2.93. The number of methoxy groups -OCH3 is 1. The van der Waals surface area contributed by atoms with Gasteiger partial charge in [0, 0.05) is 31.2 Å². The molecule has 0 amide bonds. The fourth-order valence-electron chi connectivity index (χ4n) is 3.57. The predicted octanol–water partition coefficient (Wildman–Crippen LogP) is 3.41. The van der Waals surface area contributed by atoms with E-state index in [2.05, 4.69) is 22.8 Å². The molecule has 0 spiro atoms. The van der Waals surface area contributed by atoms with Crippen LogP contribution >= 0.6 is 11.6 Å². The van der Waals surface area contributed by atoms with Crippen molar-refractivity contribution in [2.45, 2.75) is 38.3 Å². The molecule has 2 fully saturated rings. The van der Waals surface area contributed by atoms with Crippen molar-refractivity contribution in [3.05, 3.63) is 23.2 Å². The van der Waals surface area contributed by atoms with Crippen molar-refractivity contribution < 1.29 is 4.74 Å². The van der Waals surface area contributed by atoms with Crippen LogP contribution in [0.25, 0.3) is 0 Å². The summed E-state index contributed by atoms with van der Waals surface area (Å²) in [7, 11) is 1.71. The maximum absolute atomic E-state index is 6.44. The number of nitrogens with zero attached hydrogens (tertiary/aromatic N) is 2. The Morgan fingerprint density at radius 1 is 1.35 bits per heavy atom. The smallest absolute Gasteiger partial charge is 0.121 e. The minimum Gasteiger partial charge on any atom is -0.497 e. The van der Waals surface area contributed by atoms with Gasteiger partial charge in [-0.05, 0) is 37.9 Å². The molecule has 1 aromatic carbocycles. The molecule has 3 nitrogen and oxygen atoms in total. The first kappa shape index (κ1) is 14.0. The largest absolute Gasteiger partial charge is 0.497 e. The lowest BCUT2D eigenvalue weighted by Gasteiger charge is -2.45. The van der Waals surface area contributed by atoms with Gasteiger partial charge in [0.2, 0.25) is 0 Å². The first-order valence-electron chi connectivity index (χ1n) is 7.57. The highest BCUT2D eigenvalue weighted by Gasteiger charge is 2.36. The van der Waals surface area contributed by atoms with Crippen molar-refractivity contribution >= 4 is 17.3 Å². The lowest BCUT2D eigenvalue weighted by molar-refractivity contribution is 0.194. The Bertz CT molecular complexity index is 480. The van der Waals surface area contributed by atoms with E-state index in [9.17, 15) is 0 Å². The van der Waals surface area contributed by atoms with Crippen LogP contribution in [0.1, 0.15) is 26.2 Å². The minimum atomic E-state index is 0.550. The molecule has 0 radical (unpaired) electrons. The van der Waals surface area contributed by atoms with Gasteiger partial charge in [0.25, 0.3) is 0 Å². The molecule has 2 unspecified atom stereocenters. The number of anilines is 1. The zero-order valence-corrected chi connectivity index (χ0v) is 13.1. The molecule has 110 valence electrons. The highest BCUT2D eigenvalue weighted by Crippen LogP contribution is 2.36. The quantitative estimate of drug-likeness (QED) is 0.850. The Morgan fingerprint density at radius 2 is 2.20 bits per heavy atom. The number of hydrogen-bond acceptors (Lipinski definition) is 3. The molecule has 0 N–H and O–H groups in total. The van der Waals surface area contributed by atoms with Crippen molar-refractivity contribution in [2.75, 3.05) is 31.6 Å². The Morgan fingerprint density at radius 3 is 2.95 bits per heavy atom. The topological polar surface area (TPSA) is 15.7 Å². The molecule has 2 saturated heterocycles. The maximum atomic E-state index is 6.44. The van der Waals surface area contributed by atoms with Crippen molar-refractivity contribution in [3.63, 3.8) is 0 Å². The summed E-state index contributed by atoms with van der Waals surface area (Å²) in [5.41, 5.74) is 1.13. The second kappa shape index (κ2) is 5.82. The number of halogens is 1. The average molecular weight is 295 g/mol. The zero-order valence-electron chi connectivity index (χ0n) is 12.3. The van der Waals surface area contributed by atoms with Gasteiger partial charge in [0.1, 0.15) is 5.75 Å². The summed E-state index contributed by atoms with van der Waals surface area (Å²) in [5.74, 6) is 0.883. The van der Waals surface area contributed by atoms with E-state index in [-0.39, 0.29) is 0 Å². The minimum absolute atomic E-state index is 0.550. The van der Waals surface area contributed by atoms with E-state index in [1.54, 1.807) is 7.11 Å². The predicted molar refractivity (Wildman–Crippen MR) is 84.0 cm³/mol. The van der Waals surface area contributed by atoms with Crippen LogP contribution in [-0.4, -0.2) is 43.7 Å². The Labute approximate surface area is 126 Å². The summed E-state index contributed by atoms with van der Waals surface area (Å²) in [5, 5.41) is 0.829. The highest BCUT2D eigenvalue weighted by atomic mass is 35.5. The van der Waals surface area contributed by atoms with Gasteiger partial charge in [-0.15, -0.1) is 0 Å². The third-order valence-electron chi connectivity index (χ3n) is 4.73. The Hall–Kier alpha value is -0.930. The van der Waals surface area contributed by atoms with Gasteiger partial charge in [-0.25, -0.2) is 0 Å². The molecule has 1 aromatic rings. The zero-order chi connectivity index (χ0) is 14.1. The molecular formula is C16H23ClN2O. The normalized spacial score (nSPS) is 26.6. The van der Waals surface area contributed by atoms with E-state index < -0.39 is 0 Å². The van der Waals surface area contributed by atoms with Gasteiger partial charge >= 0.3 is 0 Å². The summed E-state index contributed by atoms with van der Waals surface area (Å²) in [6, 6.07) is 7.20. The van der Waals surface area contributed by atoms with Gasteiger partial charge in [-0.2, -0.15) is 0 Å². The van der Waals surface area contributed by atoms with Gasteiger partial charge < -0.3 is 9.64 Å². The number of hydrogen-bond donors (Lipinski definition) is 0. The molecule has 20 heavy (non-hydrogen) atoms. The summed E-state index contributed by atoms with van der Waals surface area (Å²) in [6.45, 7) is 5.78. The van der Waals surface area contributed by atoms with Crippen LogP contribution < -0.4 is 9.64 Å². The molecule has 0 bridgehead atoms. The van der Waals surface area contributed by atoms with Crippen LogP contribution in [0.3, 0.4) is 0 Å². The van der Waals surface area contributed by atoms with Gasteiger partial charge in [-0.3, -0.25) is 4.90 Å². The number of fused-ring (bicyclic) bond motifs is 1. The first-order valence-corrected chi connectivity index (χ1v) is 7.95. The molecule has 3 rings (SSSR count). The second-order valence-electron chi connectivity index (χ2n) is 5.82. The highest BCUT2D eigenvalue weighted by molar-refractivity contribution is 6.33. The second-order valence-corrected chi connectivity index (χ2v) is 6.23. The van der Waals surface area contributed by atoms with E-state index in [1.165, 1.54) is 19.4 Å². The lowest BCUT2D eigenvalue weighted by Crippen LogP contribution is -2.56. The van der Waals surface area contributed by atoms with Crippen LogP contribution in [-0.2, 0) is 0 Å². The van der Waals surface area contributed by atoms with Gasteiger partial charge in [0.15, 0.2) is 0 Å². The molecule has 0 aromatic heterocycles. The van der Waals surface area contributed by atoms with Crippen molar-refractivity contribution in [2.24, 2.45) is 0 Å². The monoisotopic (exact) mass is 294 g/mol. The standard InChI is InChI=1S/C16H23ClN2O/c1-3-12-10-18-8-4-5-13(18)11-19(12)16-9-14(20-2)6-7-15(16)17/h6-7,9,12-13H,3-5,8,10-11H2,1-2H3. The lowest BCUT2D eigenvalue weighted by atomic mass is 10.0. The van der Waals surface area contributed by atoms with Crippen LogP contribution in [0.5, 0.6) is 5.75 Å². The third kappa shape index (κ3) is 2.49. The molecule has 4 heteroatoms. The van der Waals surface area contributed by atoms with E-state index in [0.717, 1.165) is 36.0 Å². The molecule has 0 aliphatic carbocycles. The van der Waals surface area contributed by atoms with Gasteiger partial charge in [-0.1, -0.05) is 18.5 Å². The van der Waals surface area contributed by atoms with E-state index in [0.29, 0.717) is 12.1 Å². The molecular weight excluding hydrogens is 272 g/mol. The number of benzene rings is 1. The Balaban J connectivity index is 1.90. The van der Waals surface area contributed by atoms with Crippen molar-refractivity contribution in [1.82, 2.24) is 4.90 Å².